The molecule has 0 unspecified atom stereocenters. The van der Waals surface area contributed by atoms with E-state index >= 15 is 0 Å². The summed E-state index contributed by atoms with van der Waals surface area (Å²) in [5, 5.41) is 3.88. The fourth-order valence-electron chi connectivity index (χ4n) is 2.89. The van der Waals surface area contributed by atoms with E-state index in [1.54, 1.807) is 6.20 Å². The summed E-state index contributed by atoms with van der Waals surface area (Å²) in [6, 6.07) is 7.52. The van der Waals surface area contributed by atoms with Crippen LogP contribution in [0.3, 0.4) is 0 Å². The Morgan fingerprint density at radius 1 is 1.20 bits per heavy atom. The molecule has 0 saturated heterocycles. The van der Waals surface area contributed by atoms with Crippen molar-refractivity contribution in [1.29, 1.82) is 0 Å². The van der Waals surface area contributed by atoms with Crippen molar-refractivity contribution in [3.8, 4) is 5.75 Å². The Kier molecular flexibility index (Phi) is 6.76. The lowest BCUT2D eigenvalue weighted by Crippen LogP contribution is -2.42. The summed E-state index contributed by atoms with van der Waals surface area (Å²) in [7, 11) is 0. The van der Waals surface area contributed by atoms with Crippen LogP contribution in [0.15, 0.2) is 30.5 Å². The number of fused-ring (bicyclic) bond motifs is 1. The number of anilines is 1. The monoisotopic (exact) mass is 344 g/mol. The molecular weight excluding hydrogens is 316 g/mol. The summed E-state index contributed by atoms with van der Waals surface area (Å²) in [5.41, 5.74) is 0.636. The lowest BCUT2D eigenvalue weighted by atomic mass is 9.98. The van der Waals surface area contributed by atoms with Gasteiger partial charge in [0.15, 0.2) is 0 Å². The van der Waals surface area contributed by atoms with Gasteiger partial charge in [-0.2, -0.15) is 0 Å². The number of aromatic nitrogens is 1. The first-order valence-electron chi connectivity index (χ1n) is 9.01. The molecule has 5 heteroatoms. The predicted molar refractivity (Wildman–Crippen MR) is 101 cm³/mol. The molecule has 5 nitrogen and oxygen atoms in total. The number of ether oxygens (including phenoxy) is 2. The van der Waals surface area contributed by atoms with Crippen LogP contribution in [-0.4, -0.2) is 29.7 Å². The molecule has 1 aromatic carbocycles. The number of carbonyl (C=O) groups is 1. The molecule has 136 valence electrons. The van der Waals surface area contributed by atoms with Gasteiger partial charge in [0, 0.05) is 18.2 Å². The number of amides is 1. The van der Waals surface area contributed by atoms with E-state index in [9.17, 15) is 4.79 Å². The maximum absolute atomic E-state index is 12.8. The Hall–Kier alpha value is -2.14. The molecule has 0 spiro atoms. The van der Waals surface area contributed by atoms with Gasteiger partial charge in [0.05, 0.1) is 12.3 Å². The summed E-state index contributed by atoms with van der Waals surface area (Å²) in [5.74, 6) is 0.597. The second-order valence-electron chi connectivity index (χ2n) is 6.23. The van der Waals surface area contributed by atoms with Crippen LogP contribution >= 0.6 is 0 Å². The van der Waals surface area contributed by atoms with E-state index in [4.69, 9.17) is 9.47 Å². The lowest BCUT2D eigenvalue weighted by molar-refractivity contribution is -0.139. The SMILES string of the molecule is CCCOc1ccc(NC(=O)[C@](C)(CCC)OCC)c2cccnc12. The molecule has 0 bridgehead atoms. The summed E-state index contributed by atoms with van der Waals surface area (Å²) in [6.45, 7) is 8.98. The Morgan fingerprint density at radius 3 is 2.68 bits per heavy atom. The van der Waals surface area contributed by atoms with Gasteiger partial charge in [0.1, 0.15) is 16.9 Å². The number of nitrogens with one attached hydrogen (secondary N) is 1. The van der Waals surface area contributed by atoms with Crippen molar-refractivity contribution in [1.82, 2.24) is 4.98 Å². The number of hydrogen-bond acceptors (Lipinski definition) is 4. The van der Waals surface area contributed by atoms with Gasteiger partial charge in [0.25, 0.3) is 5.91 Å². The van der Waals surface area contributed by atoms with E-state index in [1.165, 1.54) is 0 Å². The third-order valence-corrected chi connectivity index (χ3v) is 4.11. The Labute approximate surface area is 149 Å². The van der Waals surface area contributed by atoms with E-state index < -0.39 is 5.60 Å². The van der Waals surface area contributed by atoms with Crippen molar-refractivity contribution in [2.75, 3.05) is 18.5 Å². The highest BCUT2D eigenvalue weighted by molar-refractivity contribution is 6.05. The summed E-state index contributed by atoms with van der Waals surface area (Å²) in [4.78, 5) is 17.3. The fourth-order valence-corrected chi connectivity index (χ4v) is 2.89. The Balaban J connectivity index is 2.33. The smallest absolute Gasteiger partial charge is 0.256 e. The van der Waals surface area contributed by atoms with Crippen LogP contribution in [0, 0.1) is 0 Å². The topological polar surface area (TPSA) is 60.5 Å². The minimum Gasteiger partial charge on any atom is -0.491 e. The first kappa shape index (κ1) is 19.2. The molecule has 2 rings (SSSR count). The molecular formula is C20H28N2O3. The zero-order valence-corrected chi connectivity index (χ0v) is 15.6. The van der Waals surface area contributed by atoms with Gasteiger partial charge in [-0.15, -0.1) is 0 Å². The van der Waals surface area contributed by atoms with Gasteiger partial charge >= 0.3 is 0 Å². The molecule has 1 atom stereocenters. The second kappa shape index (κ2) is 8.81. The number of rotatable bonds is 9. The zero-order valence-electron chi connectivity index (χ0n) is 15.6. The molecule has 25 heavy (non-hydrogen) atoms. The standard InChI is InChI=1S/C20H28N2O3/c1-5-12-20(4,25-7-3)19(23)22-16-10-11-17(24-14-6-2)18-15(16)9-8-13-21-18/h8-11,13H,5-7,12,14H2,1-4H3,(H,22,23)/t20-/m0/s1. The van der Waals surface area contributed by atoms with Gasteiger partial charge in [-0.3, -0.25) is 9.78 Å². The van der Waals surface area contributed by atoms with Gasteiger partial charge < -0.3 is 14.8 Å². The minimum absolute atomic E-state index is 0.136. The molecule has 0 radical (unpaired) electrons. The lowest BCUT2D eigenvalue weighted by Gasteiger charge is -2.28. The molecule has 2 aromatic rings. The Morgan fingerprint density at radius 2 is 2.00 bits per heavy atom. The molecule has 0 saturated carbocycles. The van der Waals surface area contributed by atoms with Gasteiger partial charge in [-0.1, -0.05) is 20.3 Å². The molecule has 1 heterocycles. The largest absolute Gasteiger partial charge is 0.491 e. The molecule has 0 aliphatic rings. The first-order valence-corrected chi connectivity index (χ1v) is 9.01. The number of carbonyl (C=O) groups excluding carboxylic acids is 1. The summed E-state index contributed by atoms with van der Waals surface area (Å²) < 4.78 is 11.5. The molecule has 1 aromatic heterocycles. The van der Waals surface area contributed by atoms with Gasteiger partial charge in [-0.05, 0) is 51.0 Å². The van der Waals surface area contributed by atoms with Crippen LogP contribution < -0.4 is 10.1 Å². The molecule has 1 N–H and O–H groups in total. The van der Waals surface area contributed by atoms with E-state index in [-0.39, 0.29) is 5.91 Å². The number of hydrogen-bond donors (Lipinski definition) is 1. The first-order chi connectivity index (χ1) is 12.1. The summed E-state index contributed by atoms with van der Waals surface area (Å²) in [6.07, 6.45) is 4.20. The van der Waals surface area contributed by atoms with Crippen LogP contribution in [0.25, 0.3) is 10.9 Å². The second-order valence-corrected chi connectivity index (χ2v) is 6.23. The van der Waals surface area contributed by atoms with E-state index in [1.807, 2.05) is 45.0 Å². The Bertz CT molecular complexity index is 709. The predicted octanol–water partition coefficient (Wildman–Crippen LogP) is 4.56. The van der Waals surface area contributed by atoms with E-state index in [2.05, 4.69) is 17.2 Å². The summed E-state index contributed by atoms with van der Waals surface area (Å²) >= 11 is 0. The van der Waals surface area contributed by atoms with E-state index in [0.29, 0.717) is 19.6 Å². The van der Waals surface area contributed by atoms with Crippen molar-refractivity contribution < 1.29 is 14.3 Å². The third-order valence-electron chi connectivity index (χ3n) is 4.11. The number of pyridine rings is 1. The van der Waals surface area contributed by atoms with E-state index in [0.717, 1.165) is 35.2 Å². The van der Waals surface area contributed by atoms with Gasteiger partial charge in [-0.25, -0.2) is 0 Å². The van der Waals surface area contributed by atoms with Crippen molar-refractivity contribution in [3.63, 3.8) is 0 Å². The van der Waals surface area contributed by atoms with Crippen LogP contribution in [0.5, 0.6) is 5.75 Å². The highest BCUT2D eigenvalue weighted by Gasteiger charge is 2.33. The van der Waals surface area contributed by atoms with Gasteiger partial charge in [0.2, 0.25) is 0 Å². The third kappa shape index (κ3) is 4.48. The minimum atomic E-state index is -0.838. The maximum Gasteiger partial charge on any atom is 0.256 e. The normalized spacial score (nSPS) is 13.4. The average Bonchev–Trinajstić information content (AvgIpc) is 2.61. The van der Waals surface area contributed by atoms with Crippen molar-refractivity contribution in [2.24, 2.45) is 0 Å². The van der Waals surface area contributed by atoms with Crippen LogP contribution in [0.4, 0.5) is 5.69 Å². The zero-order chi connectivity index (χ0) is 18.3. The fraction of sp³-hybridized carbons (Fsp3) is 0.500. The number of benzene rings is 1. The van der Waals surface area contributed by atoms with Crippen molar-refractivity contribution in [2.45, 2.75) is 52.6 Å². The quantitative estimate of drug-likeness (QED) is 0.724. The highest BCUT2D eigenvalue weighted by atomic mass is 16.5. The molecule has 0 fully saturated rings. The maximum atomic E-state index is 12.8. The highest BCUT2D eigenvalue weighted by Crippen LogP contribution is 2.31. The molecule has 1 amide bonds. The van der Waals surface area contributed by atoms with Crippen LogP contribution in [0.2, 0.25) is 0 Å². The number of nitrogens with zero attached hydrogens (tertiary/aromatic N) is 1. The van der Waals surface area contributed by atoms with Crippen LogP contribution in [-0.2, 0) is 9.53 Å². The molecule has 0 aliphatic heterocycles. The average molecular weight is 344 g/mol. The van der Waals surface area contributed by atoms with Crippen molar-refractivity contribution >= 4 is 22.5 Å². The van der Waals surface area contributed by atoms with Crippen LogP contribution in [0.1, 0.15) is 47.0 Å². The van der Waals surface area contributed by atoms with Crippen molar-refractivity contribution in [3.05, 3.63) is 30.5 Å². The molecule has 0 aliphatic carbocycles.